The second-order valence-corrected chi connectivity index (χ2v) is 6.42. The van der Waals surface area contributed by atoms with Crippen molar-refractivity contribution in [3.05, 3.63) is 62.3 Å². The van der Waals surface area contributed by atoms with Crippen molar-refractivity contribution >= 4 is 22.9 Å². The Morgan fingerprint density at radius 3 is 2.21 bits per heavy atom. The highest BCUT2D eigenvalue weighted by Crippen LogP contribution is 2.33. The number of rotatable bonds is 4. The van der Waals surface area contributed by atoms with Gasteiger partial charge in [0.1, 0.15) is 11.5 Å². The molecule has 0 amide bonds. The van der Waals surface area contributed by atoms with Crippen LogP contribution in [0.15, 0.2) is 36.5 Å². The molecule has 0 atom stereocenters. The average molecular weight is 411 g/mol. The molecule has 0 unspecified atom stereocenters. The zero-order chi connectivity index (χ0) is 21.2. The number of halogens is 3. The van der Waals surface area contributed by atoms with Crippen LogP contribution in [-0.4, -0.2) is 41.0 Å². The molecule has 1 aliphatic rings. The summed E-state index contributed by atoms with van der Waals surface area (Å²) in [6, 6.07) is 5.75. The van der Waals surface area contributed by atoms with Gasteiger partial charge in [0.05, 0.1) is 21.5 Å². The van der Waals surface area contributed by atoms with Crippen LogP contribution in [-0.2, 0) is 6.18 Å². The summed E-state index contributed by atoms with van der Waals surface area (Å²) in [5, 5.41) is 22.3. The number of pyridine rings is 1. The van der Waals surface area contributed by atoms with E-state index in [1.54, 1.807) is 9.80 Å². The normalized spacial score (nSPS) is 15.1. The Morgan fingerprint density at radius 2 is 1.62 bits per heavy atom. The Hall–Kier alpha value is -3.44. The summed E-state index contributed by atoms with van der Waals surface area (Å²) in [5.74, 6) is 0.387. The van der Waals surface area contributed by atoms with E-state index in [2.05, 4.69) is 4.98 Å². The molecular formula is C17H16F3N5O4. The maximum atomic E-state index is 12.7. The molecular weight excluding hydrogens is 395 g/mol. The first kappa shape index (κ1) is 20.3. The van der Waals surface area contributed by atoms with Crippen molar-refractivity contribution in [1.82, 2.24) is 4.98 Å². The summed E-state index contributed by atoms with van der Waals surface area (Å²) in [6.07, 6.45) is -3.11. The van der Waals surface area contributed by atoms with E-state index in [-0.39, 0.29) is 17.1 Å². The van der Waals surface area contributed by atoms with Crippen molar-refractivity contribution in [2.75, 3.05) is 36.0 Å². The van der Waals surface area contributed by atoms with Gasteiger partial charge in [-0.15, -0.1) is 0 Å². The van der Waals surface area contributed by atoms with E-state index >= 15 is 0 Å². The third-order valence-corrected chi connectivity index (χ3v) is 4.60. The fourth-order valence-electron chi connectivity index (χ4n) is 3.17. The molecule has 2 aromatic rings. The number of benzene rings is 1. The highest BCUT2D eigenvalue weighted by molar-refractivity contribution is 5.67. The van der Waals surface area contributed by atoms with E-state index < -0.39 is 21.6 Å². The van der Waals surface area contributed by atoms with Gasteiger partial charge in [-0.25, -0.2) is 4.98 Å². The minimum Gasteiger partial charge on any atom is -0.364 e. The molecule has 12 heteroatoms. The monoisotopic (exact) mass is 411 g/mol. The maximum Gasteiger partial charge on any atom is 0.417 e. The molecule has 0 spiro atoms. The molecule has 0 bridgehead atoms. The molecule has 0 radical (unpaired) electrons. The highest BCUT2D eigenvalue weighted by Gasteiger charge is 2.31. The van der Waals surface area contributed by atoms with Crippen LogP contribution >= 0.6 is 0 Å². The summed E-state index contributed by atoms with van der Waals surface area (Å²) in [4.78, 5) is 28.3. The molecule has 29 heavy (non-hydrogen) atoms. The van der Waals surface area contributed by atoms with Crippen molar-refractivity contribution in [3.8, 4) is 0 Å². The Labute approximate surface area is 162 Å². The average Bonchev–Trinajstić information content (AvgIpc) is 2.93. The summed E-state index contributed by atoms with van der Waals surface area (Å²) in [7, 11) is 0. The minimum absolute atomic E-state index is 0.267. The largest absolute Gasteiger partial charge is 0.417 e. The molecule has 0 aliphatic carbocycles. The lowest BCUT2D eigenvalue weighted by molar-refractivity contribution is -0.393. The minimum atomic E-state index is -4.46. The molecule has 3 rings (SSSR count). The van der Waals surface area contributed by atoms with Gasteiger partial charge in [0.25, 0.3) is 11.4 Å². The van der Waals surface area contributed by atoms with Gasteiger partial charge < -0.3 is 9.80 Å². The number of aromatic nitrogens is 1. The maximum absolute atomic E-state index is 12.7. The predicted octanol–water partition coefficient (Wildman–Crippen LogP) is 3.63. The fourth-order valence-corrected chi connectivity index (χ4v) is 3.17. The molecule has 154 valence electrons. The third kappa shape index (κ3) is 4.52. The van der Waals surface area contributed by atoms with E-state index in [1.807, 2.05) is 0 Å². The molecule has 1 aromatic carbocycles. The SMILES string of the molecule is O=[N+]([O-])c1ccc(N2CCCN(c3ccc(C(F)(F)F)cn3)CC2)c([N+](=O)[O-])c1. The van der Waals surface area contributed by atoms with Gasteiger partial charge >= 0.3 is 6.18 Å². The molecule has 1 fully saturated rings. The first-order chi connectivity index (χ1) is 13.7. The number of non-ortho nitro benzene ring substituents is 1. The summed E-state index contributed by atoms with van der Waals surface area (Å²) in [5.41, 5.74) is -1.30. The summed E-state index contributed by atoms with van der Waals surface area (Å²) >= 11 is 0. The Bertz CT molecular complexity index is 920. The van der Waals surface area contributed by atoms with Crippen molar-refractivity contribution in [3.63, 3.8) is 0 Å². The fraction of sp³-hybridized carbons (Fsp3) is 0.353. The van der Waals surface area contributed by atoms with E-state index in [1.165, 1.54) is 18.2 Å². The molecule has 9 nitrogen and oxygen atoms in total. The first-order valence-electron chi connectivity index (χ1n) is 8.63. The number of hydrogen-bond acceptors (Lipinski definition) is 7. The Kier molecular flexibility index (Phi) is 5.52. The summed E-state index contributed by atoms with van der Waals surface area (Å²) < 4.78 is 38.1. The van der Waals surface area contributed by atoms with Crippen LogP contribution in [0.3, 0.4) is 0 Å². The van der Waals surface area contributed by atoms with Crippen molar-refractivity contribution in [2.45, 2.75) is 12.6 Å². The van der Waals surface area contributed by atoms with Gasteiger partial charge in [-0.1, -0.05) is 0 Å². The quantitative estimate of drug-likeness (QED) is 0.559. The van der Waals surface area contributed by atoms with E-state index in [4.69, 9.17) is 0 Å². The zero-order valence-electron chi connectivity index (χ0n) is 15.0. The Morgan fingerprint density at radius 1 is 0.931 bits per heavy atom. The van der Waals surface area contributed by atoms with Crippen molar-refractivity contribution < 1.29 is 23.0 Å². The van der Waals surface area contributed by atoms with Crippen LogP contribution in [0.2, 0.25) is 0 Å². The van der Waals surface area contributed by atoms with Gasteiger partial charge in [0.2, 0.25) is 0 Å². The predicted molar refractivity (Wildman–Crippen MR) is 98.0 cm³/mol. The lowest BCUT2D eigenvalue weighted by atomic mass is 10.2. The van der Waals surface area contributed by atoms with Crippen molar-refractivity contribution in [1.29, 1.82) is 0 Å². The van der Waals surface area contributed by atoms with Gasteiger partial charge in [0.15, 0.2) is 0 Å². The highest BCUT2D eigenvalue weighted by atomic mass is 19.4. The molecule has 0 saturated carbocycles. The number of hydrogen-bond donors (Lipinski definition) is 0. The van der Waals surface area contributed by atoms with E-state index in [9.17, 15) is 33.4 Å². The number of anilines is 2. The zero-order valence-corrected chi connectivity index (χ0v) is 15.0. The Balaban J connectivity index is 1.78. The van der Waals surface area contributed by atoms with E-state index in [0.717, 1.165) is 18.3 Å². The van der Waals surface area contributed by atoms with Crippen LogP contribution in [0.5, 0.6) is 0 Å². The molecule has 1 saturated heterocycles. The van der Waals surface area contributed by atoms with Gasteiger partial charge in [-0.3, -0.25) is 20.2 Å². The molecule has 1 aromatic heterocycles. The molecule has 2 heterocycles. The third-order valence-electron chi connectivity index (χ3n) is 4.60. The van der Waals surface area contributed by atoms with Crippen LogP contribution in [0.4, 0.5) is 36.1 Å². The molecule has 1 aliphatic heterocycles. The lowest BCUT2D eigenvalue weighted by Crippen LogP contribution is -2.31. The van der Waals surface area contributed by atoms with Gasteiger partial charge in [-0.05, 0) is 24.6 Å². The summed E-state index contributed by atoms with van der Waals surface area (Å²) in [6.45, 7) is 1.69. The van der Waals surface area contributed by atoms with E-state index in [0.29, 0.717) is 38.4 Å². The number of nitro groups is 2. The van der Waals surface area contributed by atoms with Crippen LogP contribution in [0, 0.1) is 20.2 Å². The van der Waals surface area contributed by atoms with Crippen LogP contribution in [0.1, 0.15) is 12.0 Å². The van der Waals surface area contributed by atoms with Crippen molar-refractivity contribution in [2.24, 2.45) is 0 Å². The number of nitrogens with zero attached hydrogens (tertiary/aromatic N) is 5. The standard InChI is InChI=1S/C17H16F3N5O4/c18-17(19,20)12-2-5-16(21-11-12)23-7-1-6-22(8-9-23)14-4-3-13(24(26)27)10-15(14)25(28)29/h2-5,10-11H,1,6-9H2. The van der Waals surface area contributed by atoms with Gasteiger partial charge in [-0.2, -0.15) is 13.2 Å². The second kappa shape index (κ2) is 7.89. The second-order valence-electron chi connectivity index (χ2n) is 6.42. The van der Waals surface area contributed by atoms with Crippen LogP contribution in [0.25, 0.3) is 0 Å². The van der Waals surface area contributed by atoms with Crippen LogP contribution < -0.4 is 9.80 Å². The lowest BCUT2D eigenvalue weighted by Gasteiger charge is -2.24. The molecule has 0 N–H and O–H groups in total. The smallest absolute Gasteiger partial charge is 0.364 e. The number of alkyl halides is 3. The first-order valence-corrected chi connectivity index (χ1v) is 8.63. The number of nitro benzene ring substituents is 2. The van der Waals surface area contributed by atoms with Gasteiger partial charge in [0, 0.05) is 38.4 Å². The topological polar surface area (TPSA) is 106 Å².